The number of aryl methyl sites for hydroxylation is 1. The third kappa shape index (κ3) is 3.61. The van der Waals surface area contributed by atoms with Crippen LogP contribution in [0.1, 0.15) is 49.8 Å². The maximum atomic E-state index is 11.7. The maximum Gasteiger partial charge on any atom is 0.150 e. The molecule has 2 N–H and O–H groups in total. The number of hydrogen-bond donors (Lipinski definition) is 1. The van der Waals surface area contributed by atoms with Gasteiger partial charge in [0.2, 0.25) is 0 Å². The van der Waals surface area contributed by atoms with Crippen LogP contribution in [0.15, 0.2) is 24.3 Å². The van der Waals surface area contributed by atoms with Crippen molar-refractivity contribution >= 4 is 9.84 Å². The second kappa shape index (κ2) is 6.27. The van der Waals surface area contributed by atoms with Gasteiger partial charge < -0.3 is 5.73 Å². The number of nitrogens with two attached hydrogens (primary N) is 1. The molecule has 0 heterocycles. The minimum Gasteiger partial charge on any atom is -0.324 e. The van der Waals surface area contributed by atoms with Gasteiger partial charge in [-0.3, -0.25) is 0 Å². The Balaban J connectivity index is 2.09. The van der Waals surface area contributed by atoms with Gasteiger partial charge in [-0.05, 0) is 42.7 Å². The summed E-state index contributed by atoms with van der Waals surface area (Å²) in [5.41, 5.74) is 8.80. The molecule has 1 aromatic carbocycles. The molecular weight excluding hydrogens is 270 g/mol. The van der Waals surface area contributed by atoms with E-state index < -0.39 is 9.84 Å². The van der Waals surface area contributed by atoms with E-state index in [-0.39, 0.29) is 17.2 Å². The Morgan fingerprint density at radius 1 is 1.25 bits per heavy atom. The van der Waals surface area contributed by atoms with E-state index in [4.69, 9.17) is 5.73 Å². The van der Waals surface area contributed by atoms with E-state index in [9.17, 15) is 8.42 Å². The highest BCUT2D eigenvalue weighted by atomic mass is 32.2. The topological polar surface area (TPSA) is 60.2 Å². The predicted octanol–water partition coefficient (Wildman–Crippen LogP) is 2.85. The molecule has 0 saturated heterocycles. The number of benzene rings is 1. The standard InChI is InChI=1S/C16H25NO2S/c1-3-12-7-9-13(10-8-12)16(17)14-5-4-6-15(11-14)20(2,18)19/h7-10,14-16H,3-6,11,17H2,1-2H3. The fraction of sp³-hybridized carbons (Fsp3) is 0.625. The van der Waals surface area contributed by atoms with Crippen LogP contribution in [-0.4, -0.2) is 19.9 Å². The van der Waals surface area contributed by atoms with Crippen molar-refractivity contribution in [3.05, 3.63) is 35.4 Å². The van der Waals surface area contributed by atoms with Crippen molar-refractivity contribution in [2.45, 2.75) is 50.3 Å². The van der Waals surface area contributed by atoms with Crippen LogP contribution < -0.4 is 5.73 Å². The van der Waals surface area contributed by atoms with E-state index in [0.717, 1.165) is 31.2 Å². The van der Waals surface area contributed by atoms with Gasteiger partial charge in [-0.15, -0.1) is 0 Å². The largest absolute Gasteiger partial charge is 0.324 e. The fourth-order valence-electron chi connectivity index (χ4n) is 3.14. The number of hydrogen-bond acceptors (Lipinski definition) is 3. The highest BCUT2D eigenvalue weighted by molar-refractivity contribution is 7.91. The first-order chi connectivity index (χ1) is 9.41. The lowest BCUT2D eigenvalue weighted by Gasteiger charge is -2.32. The van der Waals surface area contributed by atoms with E-state index in [1.807, 2.05) is 0 Å². The lowest BCUT2D eigenvalue weighted by Crippen LogP contribution is -2.32. The summed E-state index contributed by atoms with van der Waals surface area (Å²) in [6, 6.07) is 8.37. The molecule has 3 nitrogen and oxygen atoms in total. The molecule has 0 aliphatic heterocycles. The molecule has 1 saturated carbocycles. The third-order valence-electron chi connectivity index (χ3n) is 4.55. The second-order valence-corrected chi connectivity index (χ2v) is 8.32. The van der Waals surface area contributed by atoms with E-state index >= 15 is 0 Å². The van der Waals surface area contributed by atoms with Gasteiger partial charge in [0.15, 0.2) is 0 Å². The summed E-state index contributed by atoms with van der Waals surface area (Å²) in [6.07, 6.45) is 5.86. The van der Waals surface area contributed by atoms with Crippen LogP contribution in [0, 0.1) is 5.92 Å². The predicted molar refractivity (Wildman–Crippen MR) is 83.3 cm³/mol. The van der Waals surface area contributed by atoms with Crippen LogP contribution in [-0.2, 0) is 16.3 Å². The van der Waals surface area contributed by atoms with E-state index in [2.05, 4.69) is 31.2 Å². The summed E-state index contributed by atoms with van der Waals surface area (Å²) < 4.78 is 23.5. The molecule has 1 aliphatic rings. The number of sulfone groups is 1. The molecule has 1 aliphatic carbocycles. The van der Waals surface area contributed by atoms with Gasteiger partial charge in [0.25, 0.3) is 0 Å². The maximum absolute atomic E-state index is 11.7. The second-order valence-electron chi connectivity index (χ2n) is 6.00. The summed E-state index contributed by atoms with van der Waals surface area (Å²) >= 11 is 0. The van der Waals surface area contributed by atoms with E-state index in [1.54, 1.807) is 0 Å². The lowest BCUT2D eigenvalue weighted by molar-refractivity contribution is 0.309. The molecular formula is C16H25NO2S. The first kappa shape index (κ1) is 15.5. The van der Waals surface area contributed by atoms with Crippen molar-refractivity contribution in [3.63, 3.8) is 0 Å². The van der Waals surface area contributed by atoms with Crippen molar-refractivity contribution in [3.8, 4) is 0 Å². The van der Waals surface area contributed by atoms with Crippen LogP contribution in [0.4, 0.5) is 0 Å². The average Bonchev–Trinajstić information content (AvgIpc) is 2.46. The highest BCUT2D eigenvalue weighted by Gasteiger charge is 2.32. The number of rotatable bonds is 4. The summed E-state index contributed by atoms with van der Waals surface area (Å²) in [4.78, 5) is 0. The van der Waals surface area contributed by atoms with Crippen molar-refractivity contribution in [1.29, 1.82) is 0 Å². The molecule has 0 radical (unpaired) electrons. The molecule has 0 amide bonds. The van der Waals surface area contributed by atoms with Gasteiger partial charge >= 0.3 is 0 Å². The Hall–Kier alpha value is -0.870. The van der Waals surface area contributed by atoms with Gasteiger partial charge in [-0.2, -0.15) is 0 Å². The van der Waals surface area contributed by atoms with Crippen LogP contribution in [0.5, 0.6) is 0 Å². The van der Waals surface area contributed by atoms with Crippen molar-refractivity contribution < 1.29 is 8.42 Å². The van der Waals surface area contributed by atoms with Crippen LogP contribution in [0.3, 0.4) is 0 Å². The molecule has 0 bridgehead atoms. The van der Waals surface area contributed by atoms with Crippen molar-refractivity contribution in [2.75, 3.05) is 6.26 Å². The molecule has 3 atom stereocenters. The van der Waals surface area contributed by atoms with Gasteiger partial charge in [0, 0.05) is 12.3 Å². The minimum atomic E-state index is -2.94. The SMILES string of the molecule is CCc1ccc(C(N)C2CCCC(S(C)(=O)=O)C2)cc1. The molecule has 2 rings (SSSR count). The Morgan fingerprint density at radius 2 is 1.90 bits per heavy atom. The van der Waals surface area contributed by atoms with Gasteiger partial charge in [0.05, 0.1) is 5.25 Å². The first-order valence-electron chi connectivity index (χ1n) is 7.45. The Morgan fingerprint density at radius 3 is 2.45 bits per heavy atom. The Kier molecular flexibility index (Phi) is 4.86. The molecule has 112 valence electrons. The molecule has 0 spiro atoms. The quantitative estimate of drug-likeness (QED) is 0.929. The Labute approximate surface area is 122 Å². The van der Waals surface area contributed by atoms with E-state index in [0.29, 0.717) is 6.42 Å². The lowest BCUT2D eigenvalue weighted by atomic mass is 9.81. The van der Waals surface area contributed by atoms with Crippen LogP contribution in [0.2, 0.25) is 0 Å². The third-order valence-corrected chi connectivity index (χ3v) is 6.19. The van der Waals surface area contributed by atoms with Crippen LogP contribution >= 0.6 is 0 Å². The van der Waals surface area contributed by atoms with Crippen molar-refractivity contribution in [2.24, 2.45) is 11.7 Å². The summed E-state index contributed by atoms with van der Waals surface area (Å²) in [6.45, 7) is 2.13. The Bertz CT molecular complexity index is 536. The molecule has 4 heteroatoms. The zero-order valence-corrected chi connectivity index (χ0v) is 13.2. The normalized spacial score (nSPS) is 25.4. The molecule has 20 heavy (non-hydrogen) atoms. The van der Waals surface area contributed by atoms with Crippen LogP contribution in [0.25, 0.3) is 0 Å². The van der Waals surface area contributed by atoms with Gasteiger partial charge in [0.1, 0.15) is 9.84 Å². The zero-order chi connectivity index (χ0) is 14.8. The average molecular weight is 295 g/mol. The van der Waals surface area contributed by atoms with Crippen molar-refractivity contribution in [1.82, 2.24) is 0 Å². The summed E-state index contributed by atoms with van der Waals surface area (Å²) in [7, 11) is -2.94. The molecule has 3 unspecified atom stereocenters. The molecule has 0 aromatic heterocycles. The smallest absolute Gasteiger partial charge is 0.150 e. The van der Waals surface area contributed by atoms with Gasteiger partial charge in [-0.1, -0.05) is 37.6 Å². The fourth-order valence-corrected chi connectivity index (χ4v) is 4.34. The van der Waals surface area contributed by atoms with E-state index in [1.165, 1.54) is 11.8 Å². The monoisotopic (exact) mass is 295 g/mol. The molecule has 1 aromatic rings. The summed E-state index contributed by atoms with van der Waals surface area (Å²) in [5.74, 6) is 0.274. The summed E-state index contributed by atoms with van der Waals surface area (Å²) in [5, 5.41) is -0.206. The highest BCUT2D eigenvalue weighted by Crippen LogP contribution is 2.35. The van der Waals surface area contributed by atoms with Gasteiger partial charge in [-0.25, -0.2) is 8.42 Å². The molecule has 1 fully saturated rings. The first-order valence-corrected chi connectivity index (χ1v) is 9.40. The zero-order valence-electron chi connectivity index (χ0n) is 12.4. The minimum absolute atomic E-state index is 0.0505.